The van der Waals surface area contributed by atoms with E-state index in [1.807, 2.05) is 0 Å². The van der Waals surface area contributed by atoms with Gasteiger partial charge in [0.2, 0.25) is 0 Å². The molecule has 0 fully saturated rings. The van der Waals surface area contributed by atoms with Crippen LogP contribution in [0, 0.1) is 15.9 Å². The zero-order valence-electron chi connectivity index (χ0n) is 6.66. The zero-order chi connectivity index (χ0) is 9.84. The molecular formula is C7H8FN3O2. The Hall–Kier alpha value is -1.53. The minimum absolute atomic E-state index is 0.0630. The number of hydrogen-bond donors (Lipinski definition) is 2. The van der Waals surface area contributed by atoms with Crippen molar-refractivity contribution in [1.29, 1.82) is 0 Å². The Morgan fingerprint density at radius 1 is 1.62 bits per heavy atom. The third kappa shape index (κ3) is 2.20. The average molecular weight is 185 g/mol. The molecule has 6 heteroatoms. The van der Waals surface area contributed by atoms with Gasteiger partial charge in [0.1, 0.15) is 5.82 Å². The summed E-state index contributed by atoms with van der Waals surface area (Å²) in [5.41, 5.74) is 2.26. The topological polar surface area (TPSA) is 81.2 Å². The van der Waals surface area contributed by atoms with E-state index in [1.54, 1.807) is 0 Å². The van der Waals surface area contributed by atoms with Gasteiger partial charge in [-0.05, 0) is 6.07 Å². The predicted octanol–water partition coefficient (Wildman–Crippen LogP) is 0.697. The maximum atomic E-state index is 12.9. The molecule has 0 spiro atoms. The summed E-state index contributed by atoms with van der Waals surface area (Å²) in [5.74, 6) is 4.46. The van der Waals surface area contributed by atoms with Crippen molar-refractivity contribution in [2.75, 3.05) is 0 Å². The normalized spacial score (nSPS) is 10.0. The van der Waals surface area contributed by atoms with Crippen LogP contribution in [0.4, 0.5) is 10.1 Å². The van der Waals surface area contributed by atoms with E-state index in [9.17, 15) is 14.5 Å². The fourth-order valence-corrected chi connectivity index (χ4v) is 0.920. The molecule has 0 aliphatic carbocycles. The van der Waals surface area contributed by atoms with E-state index in [-0.39, 0.29) is 17.8 Å². The summed E-state index contributed by atoms with van der Waals surface area (Å²) in [5, 5.41) is 10.3. The molecule has 70 valence electrons. The highest BCUT2D eigenvalue weighted by atomic mass is 19.1. The van der Waals surface area contributed by atoms with E-state index in [4.69, 9.17) is 5.84 Å². The van der Waals surface area contributed by atoms with Crippen LogP contribution in [-0.2, 0) is 6.54 Å². The Kier molecular flexibility index (Phi) is 2.88. The maximum Gasteiger partial charge on any atom is 0.269 e. The van der Waals surface area contributed by atoms with Crippen LogP contribution in [0.25, 0.3) is 0 Å². The summed E-state index contributed by atoms with van der Waals surface area (Å²) in [6.07, 6.45) is 0. The SMILES string of the molecule is NNCc1cc([N+](=O)[O-])ccc1F. The minimum Gasteiger partial charge on any atom is -0.271 e. The minimum atomic E-state index is -0.584. The lowest BCUT2D eigenvalue weighted by molar-refractivity contribution is -0.385. The molecule has 1 rings (SSSR count). The first-order valence-electron chi connectivity index (χ1n) is 3.51. The fraction of sp³-hybridized carbons (Fsp3) is 0.143. The van der Waals surface area contributed by atoms with Crippen LogP contribution in [0.1, 0.15) is 5.56 Å². The number of nitro groups is 1. The third-order valence-corrected chi connectivity index (χ3v) is 1.53. The molecule has 0 bridgehead atoms. The number of nitrogens with two attached hydrogens (primary N) is 1. The zero-order valence-corrected chi connectivity index (χ0v) is 6.66. The van der Waals surface area contributed by atoms with Crippen LogP contribution in [0.2, 0.25) is 0 Å². The molecule has 13 heavy (non-hydrogen) atoms. The first-order valence-corrected chi connectivity index (χ1v) is 3.51. The second kappa shape index (κ2) is 3.92. The van der Waals surface area contributed by atoms with E-state index in [2.05, 4.69) is 5.43 Å². The third-order valence-electron chi connectivity index (χ3n) is 1.53. The fourth-order valence-electron chi connectivity index (χ4n) is 0.920. The molecule has 0 saturated heterocycles. The summed E-state index contributed by atoms with van der Waals surface area (Å²) < 4.78 is 12.9. The van der Waals surface area contributed by atoms with Gasteiger partial charge in [-0.15, -0.1) is 0 Å². The molecule has 0 saturated carbocycles. The molecule has 0 amide bonds. The van der Waals surface area contributed by atoms with Gasteiger partial charge in [0.05, 0.1) is 4.92 Å². The van der Waals surface area contributed by atoms with Crippen LogP contribution in [0.15, 0.2) is 18.2 Å². The van der Waals surface area contributed by atoms with Crippen molar-refractivity contribution in [1.82, 2.24) is 5.43 Å². The predicted molar refractivity (Wildman–Crippen MR) is 44.1 cm³/mol. The molecule has 1 aromatic rings. The van der Waals surface area contributed by atoms with E-state index < -0.39 is 10.7 Å². The molecule has 0 atom stereocenters. The van der Waals surface area contributed by atoms with Gasteiger partial charge in [-0.25, -0.2) is 4.39 Å². The molecule has 0 aliphatic rings. The molecular weight excluding hydrogens is 177 g/mol. The van der Waals surface area contributed by atoms with Gasteiger partial charge in [-0.3, -0.25) is 21.4 Å². The van der Waals surface area contributed by atoms with Crippen molar-refractivity contribution in [2.24, 2.45) is 5.84 Å². The Morgan fingerprint density at radius 2 is 2.31 bits per heavy atom. The summed E-state index contributed by atoms with van der Waals surface area (Å²) >= 11 is 0. The Balaban J connectivity index is 3.03. The van der Waals surface area contributed by atoms with E-state index in [0.717, 1.165) is 18.2 Å². The van der Waals surface area contributed by atoms with Gasteiger partial charge < -0.3 is 0 Å². The van der Waals surface area contributed by atoms with Gasteiger partial charge in [-0.2, -0.15) is 0 Å². The van der Waals surface area contributed by atoms with Crippen molar-refractivity contribution in [3.05, 3.63) is 39.7 Å². The maximum absolute atomic E-state index is 12.9. The number of nitrogens with zero attached hydrogens (tertiary/aromatic N) is 1. The average Bonchev–Trinajstić information content (AvgIpc) is 2.08. The van der Waals surface area contributed by atoms with Crippen molar-refractivity contribution in [2.45, 2.75) is 6.54 Å². The molecule has 3 N–H and O–H groups in total. The van der Waals surface area contributed by atoms with Crippen LogP contribution < -0.4 is 11.3 Å². The molecule has 0 radical (unpaired) electrons. The number of benzene rings is 1. The lowest BCUT2D eigenvalue weighted by atomic mass is 10.2. The van der Waals surface area contributed by atoms with E-state index in [0.29, 0.717) is 0 Å². The quantitative estimate of drug-likeness (QED) is 0.412. The number of halogens is 1. The number of hydrazine groups is 1. The van der Waals surface area contributed by atoms with Crippen molar-refractivity contribution in [3.8, 4) is 0 Å². The standard InChI is InChI=1S/C7H8FN3O2/c8-7-2-1-6(11(12)13)3-5(7)4-10-9/h1-3,10H,4,9H2. The lowest BCUT2D eigenvalue weighted by Crippen LogP contribution is -2.21. The van der Waals surface area contributed by atoms with Crippen molar-refractivity contribution < 1.29 is 9.31 Å². The van der Waals surface area contributed by atoms with Crippen LogP contribution in [0.5, 0.6) is 0 Å². The Bertz CT molecular complexity index is 330. The number of nitrogens with one attached hydrogen (secondary N) is 1. The molecule has 0 unspecified atom stereocenters. The van der Waals surface area contributed by atoms with Gasteiger partial charge >= 0.3 is 0 Å². The largest absolute Gasteiger partial charge is 0.271 e. The van der Waals surface area contributed by atoms with E-state index in [1.165, 1.54) is 0 Å². The summed E-state index contributed by atoms with van der Waals surface area (Å²) in [7, 11) is 0. The van der Waals surface area contributed by atoms with Crippen molar-refractivity contribution >= 4 is 5.69 Å². The van der Waals surface area contributed by atoms with Gasteiger partial charge in [0.25, 0.3) is 5.69 Å². The highest BCUT2D eigenvalue weighted by molar-refractivity contribution is 5.35. The van der Waals surface area contributed by atoms with Crippen LogP contribution >= 0.6 is 0 Å². The van der Waals surface area contributed by atoms with Crippen LogP contribution in [0.3, 0.4) is 0 Å². The number of rotatable bonds is 3. The monoisotopic (exact) mass is 185 g/mol. The van der Waals surface area contributed by atoms with Gasteiger partial charge in [0, 0.05) is 24.2 Å². The summed E-state index contributed by atoms with van der Waals surface area (Å²) in [6, 6.07) is 3.30. The molecule has 5 nitrogen and oxygen atoms in total. The first kappa shape index (κ1) is 9.56. The van der Waals surface area contributed by atoms with Crippen LogP contribution in [-0.4, -0.2) is 4.92 Å². The van der Waals surface area contributed by atoms with Gasteiger partial charge in [0.15, 0.2) is 0 Å². The number of hydrogen-bond acceptors (Lipinski definition) is 4. The highest BCUT2D eigenvalue weighted by Gasteiger charge is 2.09. The van der Waals surface area contributed by atoms with Crippen molar-refractivity contribution in [3.63, 3.8) is 0 Å². The molecule has 1 aromatic carbocycles. The second-order valence-corrected chi connectivity index (χ2v) is 2.41. The smallest absolute Gasteiger partial charge is 0.269 e. The molecule has 0 aliphatic heterocycles. The lowest BCUT2D eigenvalue weighted by Gasteiger charge is -2.00. The summed E-state index contributed by atoms with van der Waals surface area (Å²) in [6.45, 7) is 0.0630. The highest BCUT2D eigenvalue weighted by Crippen LogP contribution is 2.16. The number of nitro benzene ring substituents is 1. The van der Waals surface area contributed by atoms with E-state index >= 15 is 0 Å². The Labute approximate surface area is 73.5 Å². The number of non-ortho nitro benzene ring substituents is 1. The Morgan fingerprint density at radius 3 is 2.85 bits per heavy atom. The van der Waals surface area contributed by atoms with Gasteiger partial charge in [-0.1, -0.05) is 0 Å². The molecule has 0 aromatic heterocycles. The second-order valence-electron chi connectivity index (χ2n) is 2.41. The first-order chi connectivity index (χ1) is 6.15. The molecule has 0 heterocycles. The summed E-state index contributed by atoms with van der Waals surface area (Å²) in [4.78, 5) is 9.72.